The summed E-state index contributed by atoms with van der Waals surface area (Å²) in [6, 6.07) is 3.70. The summed E-state index contributed by atoms with van der Waals surface area (Å²) in [5.74, 6) is -0.282. The summed E-state index contributed by atoms with van der Waals surface area (Å²) in [7, 11) is 0. The second-order valence-corrected chi connectivity index (χ2v) is 6.73. The third-order valence-corrected chi connectivity index (χ3v) is 4.93. The Bertz CT molecular complexity index is 513. The average Bonchev–Trinajstić information content (AvgIpc) is 2.36. The van der Waals surface area contributed by atoms with Crippen molar-refractivity contribution in [2.24, 2.45) is 5.73 Å². The van der Waals surface area contributed by atoms with E-state index < -0.39 is 5.72 Å². The molecule has 0 radical (unpaired) electrons. The number of nitrogens with two attached hydrogens (primary N) is 1. The summed E-state index contributed by atoms with van der Waals surface area (Å²) in [6.45, 7) is 1.95. The van der Waals surface area contributed by atoms with Gasteiger partial charge in [0.2, 0.25) is 0 Å². The fraction of sp³-hybridized carbons (Fsp3) is 0.533. The summed E-state index contributed by atoms with van der Waals surface area (Å²) >= 11 is 9.43. The molecule has 0 amide bonds. The molecule has 1 aromatic rings. The summed E-state index contributed by atoms with van der Waals surface area (Å²) in [6.07, 6.45) is 4.91. The lowest BCUT2D eigenvalue weighted by Gasteiger charge is -2.32. The van der Waals surface area contributed by atoms with Gasteiger partial charge in [0.05, 0.1) is 11.4 Å². The van der Waals surface area contributed by atoms with E-state index in [9.17, 15) is 4.79 Å². The maximum absolute atomic E-state index is 12.1. The minimum atomic E-state index is -0.775. The quantitative estimate of drug-likeness (QED) is 0.652. The van der Waals surface area contributed by atoms with Gasteiger partial charge in [0.15, 0.2) is 5.72 Å². The van der Waals surface area contributed by atoms with Gasteiger partial charge in [0.1, 0.15) is 0 Å². The molecule has 110 valence electrons. The van der Waals surface area contributed by atoms with Gasteiger partial charge in [-0.25, -0.2) is 0 Å². The van der Waals surface area contributed by atoms with Gasteiger partial charge < -0.3 is 4.74 Å². The Labute approximate surface area is 132 Å². The van der Waals surface area contributed by atoms with Crippen LogP contribution in [0.2, 0.25) is 5.02 Å². The molecular formula is C15H19BrClNO2. The van der Waals surface area contributed by atoms with Crippen molar-refractivity contribution >= 4 is 33.5 Å². The number of aryl methyl sites for hydroxylation is 1. The molecule has 3 nitrogen and oxygen atoms in total. The number of carbonyl (C=O) groups is 1. The number of rotatable bonds is 3. The zero-order valence-electron chi connectivity index (χ0n) is 11.5. The van der Waals surface area contributed by atoms with Crippen LogP contribution in [0.1, 0.15) is 43.2 Å². The van der Waals surface area contributed by atoms with Gasteiger partial charge in [-0.15, -0.1) is 0 Å². The topological polar surface area (TPSA) is 52.3 Å². The average molecular weight is 361 g/mol. The number of hydrogen-bond donors (Lipinski definition) is 1. The SMILES string of the molecule is Cc1cc(Br)c(Cl)cc1CC(=O)OC1(N)CCCCC1. The first-order valence-corrected chi connectivity index (χ1v) is 8.02. The minimum Gasteiger partial charge on any atom is -0.444 e. The lowest BCUT2D eigenvalue weighted by molar-refractivity contribution is -0.161. The highest BCUT2D eigenvalue weighted by Gasteiger charge is 2.31. The molecule has 0 spiro atoms. The predicted molar refractivity (Wildman–Crippen MR) is 83.7 cm³/mol. The molecule has 2 N–H and O–H groups in total. The first kappa shape index (κ1) is 15.8. The molecule has 1 aliphatic rings. The van der Waals surface area contributed by atoms with E-state index in [0.717, 1.165) is 47.7 Å². The van der Waals surface area contributed by atoms with Gasteiger partial charge >= 0.3 is 5.97 Å². The zero-order chi connectivity index (χ0) is 14.8. The first-order valence-electron chi connectivity index (χ1n) is 6.85. The van der Waals surface area contributed by atoms with E-state index in [4.69, 9.17) is 22.1 Å². The van der Waals surface area contributed by atoms with Crippen LogP contribution in [0.4, 0.5) is 0 Å². The molecular weight excluding hydrogens is 342 g/mol. The predicted octanol–water partition coefficient (Wildman–Crippen LogP) is 4.12. The summed E-state index contributed by atoms with van der Waals surface area (Å²) in [5, 5.41) is 0.596. The Morgan fingerprint density at radius 3 is 2.70 bits per heavy atom. The molecule has 1 fully saturated rings. The fourth-order valence-electron chi connectivity index (χ4n) is 2.55. The monoisotopic (exact) mass is 359 g/mol. The molecule has 0 unspecified atom stereocenters. The Balaban J connectivity index is 2.03. The van der Waals surface area contributed by atoms with Crippen LogP contribution in [0.5, 0.6) is 0 Å². The summed E-state index contributed by atoms with van der Waals surface area (Å²) in [5.41, 5.74) is 7.24. The molecule has 20 heavy (non-hydrogen) atoms. The standard InChI is InChI=1S/C15H19BrClNO2/c1-10-7-12(16)13(17)8-11(10)9-14(19)20-15(18)5-3-2-4-6-15/h7-8H,2-6,9,18H2,1H3. The van der Waals surface area contributed by atoms with Gasteiger partial charge in [-0.1, -0.05) is 18.0 Å². The number of halogens is 2. The summed E-state index contributed by atoms with van der Waals surface area (Å²) < 4.78 is 6.32. The smallest absolute Gasteiger partial charge is 0.312 e. The van der Waals surface area contributed by atoms with Gasteiger partial charge in [-0.3, -0.25) is 10.5 Å². The summed E-state index contributed by atoms with van der Waals surface area (Å²) in [4.78, 5) is 12.1. The van der Waals surface area contributed by atoms with Crippen molar-refractivity contribution in [3.05, 3.63) is 32.8 Å². The van der Waals surface area contributed by atoms with E-state index in [2.05, 4.69) is 15.9 Å². The molecule has 0 atom stereocenters. The largest absolute Gasteiger partial charge is 0.444 e. The van der Waals surface area contributed by atoms with Crippen LogP contribution in [0, 0.1) is 6.92 Å². The third-order valence-electron chi connectivity index (χ3n) is 3.73. The van der Waals surface area contributed by atoms with Crippen molar-refractivity contribution in [3.63, 3.8) is 0 Å². The van der Waals surface area contributed by atoms with Crippen LogP contribution in [-0.2, 0) is 16.0 Å². The molecule has 0 heterocycles. The van der Waals surface area contributed by atoms with E-state index in [1.165, 1.54) is 0 Å². The highest BCUT2D eigenvalue weighted by molar-refractivity contribution is 9.10. The fourth-order valence-corrected chi connectivity index (χ4v) is 3.19. The number of esters is 1. The Morgan fingerprint density at radius 1 is 1.40 bits per heavy atom. The normalized spacial score (nSPS) is 17.8. The van der Waals surface area contributed by atoms with Crippen molar-refractivity contribution in [2.45, 2.75) is 51.2 Å². The van der Waals surface area contributed by atoms with Crippen molar-refractivity contribution in [2.75, 3.05) is 0 Å². The number of benzene rings is 1. The van der Waals surface area contributed by atoms with Crippen LogP contribution in [0.15, 0.2) is 16.6 Å². The second kappa shape index (κ2) is 6.46. The van der Waals surface area contributed by atoms with Gasteiger partial charge in [-0.05, 0) is 59.0 Å². The highest BCUT2D eigenvalue weighted by Crippen LogP contribution is 2.29. The maximum Gasteiger partial charge on any atom is 0.312 e. The molecule has 0 aromatic heterocycles. The molecule has 0 aliphatic heterocycles. The molecule has 1 aromatic carbocycles. The van der Waals surface area contributed by atoms with E-state index in [1.807, 2.05) is 13.0 Å². The van der Waals surface area contributed by atoms with Gasteiger partial charge in [-0.2, -0.15) is 0 Å². The minimum absolute atomic E-state index is 0.206. The van der Waals surface area contributed by atoms with Crippen LogP contribution in [0.25, 0.3) is 0 Å². The van der Waals surface area contributed by atoms with E-state index >= 15 is 0 Å². The molecule has 0 bridgehead atoms. The zero-order valence-corrected chi connectivity index (χ0v) is 13.9. The van der Waals surface area contributed by atoms with Crippen molar-refractivity contribution in [1.82, 2.24) is 0 Å². The van der Waals surface area contributed by atoms with Crippen LogP contribution in [0.3, 0.4) is 0 Å². The lowest BCUT2D eigenvalue weighted by atomic mass is 9.92. The number of carbonyl (C=O) groups excluding carboxylic acids is 1. The van der Waals surface area contributed by atoms with Crippen LogP contribution >= 0.6 is 27.5 Å². The van der Waals surface area contributed by atoms with E-state index in [0.29, 0.717) is 5.02 Å². The Kier molecular flexibility index (Phi) is 5.10. The second-order valence-electron chi connectivity index (χ2n) is 5.47. The Morgan fingerprint density at radius 2 is 2.05 bits per heavy atom. The lowest BCUT2D eigenvalue weighted by Crippen LogP contribution is -2.46. The van der Waals surface area contributed by atoms with Crippen molar-refractivity contribution < 1.29 is 9.53 Å². The number of hydrogen-bond acceptors (Lipinski definition) is 3. The van der Waals surface area contributed by atoms with E-state index in [1.54, 1.807) is 6.07 Å². The molecule has 1 aliphatic carbocycles. The molecule has 5 heteroatoms. The molecule has 0 saturated heterocycles. The highest BCUT2D eigenvalue weighted by atomic mass is 79.9. The van der Waals surface area contributed by atoms with Crippen LogP contribution < -0.4 is 5.73 Å². The van der Waals surface area contributed by atoms with Gasteiger partial charge in [0, 0.05) is 17.3 Å². The van der Waals surface area contributed by atoms with Crippen LogP contribution in [-0.4, -0.2) is 11.7 Å². The molecule has 1 saturated carbocycles. The van der Waals surface area contributed by atoms with E-state index in [-0.39, 0.29) is 12.4 Å². The van der Waals surface area contributed by atoms with Crippen molar-refractivity contribution in [1.29, 1.82) is 0 Å². The maximum atomic E-state index is 12.1. The third kappa shape index (κ3) is 3.96. The van der Waals surface area contributed by atoms with Crippen molar-refractivity contribution in [3.8, 4) is 0 Å². The first-order chi connectivity index (χ1) is 9.39. The van der Waals surface area contributed by atoms with Gasteiger partial charge in [0.25, 0.3) is 0 Å². The number of ether oxygens (including phenoxy) is 1. The molecule has 2 rings (SSSR count). The Hall–Kier alpha value is -0.580.